The van der Waals surface area contributed by atoms with Crippen LogP contribution < -0.4 is 0 Å². The predicted octanol–water partition coefficient (Wildman–Crippen LogP) is 2.96. The highest BCUT2D eigenvalue weighted by molar-refractivity contribution is 5.56. The second-order valence-electron chi connectivity index (χ2n) is 7.26. The second kappa shape index (κ2) is 5.80. The van der Waals surface area contributed by atoms with Crippen LogP contribution >= 0.6 is 0 Å². The fraction of sp³-hybridized carbons (Fsp3) is 0.611. The second-order valence-corrected chi connectivity index (χ2v) is 7.26. The molecule has 0 aromatic carbocycles. The Hall–Kier alpha value is -1.59. The summed E-state index contributed by atoms with van der Waals surface area (Å²) >= 11 is 0. The van der Waals surface area contributed by atoms with Gasteiger partial charge in [0.15, 0.2) is 0 Å². The number of aromatic amines is 1. The van der Waals surface area contributed by atoms with Crippen LogP contribution in [0.3, 0.4) is 0 Å². The van der Waals surface area contributed by atoms with E-state index < -0.39 is 0 Å². The molecule has 5 heteroatoms. The summed E-state index contributed by atoms with van der Waals surface area (Å²) in [5.41, 5.74) is 4.81. The van der Waals surface area contributed by atoms with Gasteiger partial charge >= 0.3 is 0 Å². The van der Waals surface area contributed by atoms with Gasteiger partial charge in [-0.2, -0.15) is 5.10 Å². The first-order valence-electron chi connectivity index (χ1n) is 8.68. The molecule has 4 rings (SSSR count). The maximum absolute atomic E-state index is 5.35. The van der Waals surface area contributed by atoms with E-state index in [9.17, 15) is 0 Å². The Morgan fingerprint density at radius 1 is 1.30 bits per heavy atom. The summed E-state index contributed by atoms with van der Waals surface area (Å²) < 4.78 is 7.57. The van der Waals surface area contributed by atoms with E-state index in [0.29, 0.717) is 18.0 Å². The van der Waals surface area contributed by atoms with Gasteiger partial charge in [0.25, 0.3) is 0 Å². The van der Waals surface area contributed by atoms with Gasteiger partial charge in [-0.05, 0) is 51.4 Å². The van der Waals surface area contributed by atoms with Gasteiger partial charge < -0.3 is 9.72 Å². The monoisotopic (exact) mass is 314 g/mol. The minimum Gasteiger partial charge on any atom is -0.378 e. The number of rotatable bonds is 4. The van der Waals surface area contributed by atoms with Crippen LogP contribution in [0.4, 0.5) is 0 Å². The summed E-state index contributed by atoms with van der Waals surface area (Å²) in [6.45, 7) is 10.7. The van der Waals surface area contributed by atoms with Crippen LogP contribution in [0.2, 0.25) is 0 Å². The number of H-pyrrole nitrogens is 1. The Morgan fingerprint density at radius 3 is 2.74 bits per heavy atom. The van der Waals surface area contributed by atoms with Gasteiger partial charge in [-0.3, -0.25) is 9.58 Å². The molecule has 0 aliphatic carbocycles. The van der Waals surface area contributed by atoms with Crippen molar-refractivity contribution in [2.45, 2.75) is 45.2 Å². The standard InChI is InChI=1S/C18H26N4O/c1-12(2)22-18(7-17(20-22)16-6-13(3)8-19-16)14-4-5-21(9-14)15-10-23-11-15/h6-8,12,14-15,19H,4-5,9-11H2,1-3H3. The van der Waals surface area contributed by atoms with Crippen LogP contribution in [0.5, 0.6) is 0 Å². The van der Waals surface area contributed by atoms with Gasteiger partial charge in [-0.15, -0.1) is 0 Å². The number of hydrogen-bond donors (Lipinski definition) is 1. The van der Waals surface area contributed by atoms with Crippen LogP contribution in [-0.2, 0) is 4.74 Å². The molecular weight excluding hydrogens is 288 g/mol. The molecule has 5 nitrogen and oxygen atoms in total. The summed E-state index contributed by atoms with van der Waals surface area (Å²) in [6, 6.07) is 5.48. The topological polar surface area (TPSA) is 46.1 Å². The molecule has 0 bridgehead atoms. The van der Waals surface area contributed by atoms with E-state index in [0.717, 1.165) is 31.1 Å². The van der Waals surface area contributed by atoms with E-state index in [2.05, 4.69) is 47.5 Å². The van der Waals surface area contributed by atoms with Crippen molar-refractivity contribution in [2.75, 3.05) is 26.3 Å². The highest BCUT2D eigenvalue weighted by atomic mass is 16.5. The normalized spacial score (nSPS) is 22.9. The van der Waals surface area contributed by atoms with E-state index in [4.69, 9.17) is 9.84 Å². The molecular formula is C18H26N4O. The average Bonchev–Trinajstić information content (AvgIpc) is 3.13. The van der Waals surface area contributed by atoms with Crippen LogP contribution in [0.1, 0.15) is 43.5 Å². The molecule has 124 valence electrons. The number of likely N-dealkylation sites (tertiary alicyclic amines) is 1. The molecule has 2 fully saturated rings. The van der Waals surface area contributed by atoms with Crippen LogP contribution in [0.25, 0.3) is 11.4 Å². The third kappa shape index (κ3) is 2.72. The Labute approximate surface area is 137 Å². The Morgan fingerprint density at radius 2 is 2.13 bits per heavy atom. The molecule has 4 heterocycles. The van der Waals surface area contributed by atoms with Crippen molar-refractivity contribution in [3.63, 3.8) is 0 Å². The Kier molecular flexibility index (Phi) is 3.77. The maximum Gasteiger partial charge on any atom is 0.109 e. The van der Waals surface area contributed by atoms with Crippen LogP contribution in [0, 0.1) is 6.92 Å². The molecule has 2 aliphatic rings. The van der Waals surface area contributed by atoms with E-state index in [1.807, 2.05) is 6.20 Å². The lowest BCUT2D eigenvalue weighted by Crippen LogP contribution is -2.47. The molecule has 2 saturated heterocycles. The molecule has 0 radical (unpaired) electrons. The molecule has 23 heavy (non-hydrogen) atoms. The minimum absolute atomic E-state index is 0.385. The molecule has 0 amide bonds. The molecule has 1 atom stereocenters. The zero-order valence-electron chi connectivity index (χ0n) is 14.2. The first kappa shape index (κ1) is 15.0. The van der Waals surface area contributed by atoms with Crippen molar-refractivity contribution in [3.05, 3.63) is 29.6 Å². The first-order valence-corrected chi connectivity index (χ1v) is 8.68. The van der Waals surface area contributed by atoms with Gasteiger partial charge in [0, 0.05) is 30.4 Å². The zero-order chi connectivity index (χ0) is 16.0. The van der Waals surface area contributed by atoms with Crippen molar-refractivity contribution in [1.29, 1.82) is 0 Å². The van der Waals surface area contributed by atoms with Crippen molar-refractivity contribution in [2.24, 2.45) is 0 Å². The average molecular weight is 314 g/mol. The molecule has 1 N–H and O–H groups in total. The molecule has 1 unspecified atom stereocenters. The maximum atomic E-state index is 5.35. The highest BCUT2D eigenvalue weighted by Crippen LogP contribution is 2.33. The van der Waals surface area contributed by atoms with Gasteiger partial charge in [-0.1, -0.05) is 0 Å². The van der Waals surface area contributed by atoms with E-state index in [1.165, 1.54) is 24.2 Å². The van der Waals surface area contributed by atoms with Crippen molar-refractivity contribution in [3.8, 4) is 11.4 Å². The van der Waals surface area contributed by atoms with E-state index in [-0.39, 0.29) is 0 Å². The van der Waals surface area contributed by atoms with Crippen molar-refractivity contribution >= 4 is 0 Å². The smallest absolute Gasteiger partial charge is 0.109 e. The summed E-state index contributed by atoms with van der Waals surface area (Å²) in [5, 5.41) is 4.88. The third-order valence-corrected chi connectivity index (χ3v) is 5.13. The summed E-state index contributed by atoms with van der Waals surface area (Å²) in [4.78, 5) is 5.92. The lowest BCUT2D eigenvalue weighted by molar-refractivity contribution is -0.0573. The summed E-state index contributed by atoms with van der Waals surface area (Å²) in [6.07, 6.45) is 3.26. The lowest BCUT2D eigenvalue weighted by atomic mass is 10.0. The zero-order valence-corrected chi connectivity index (χ0v) is 14.2. The summed E-state index contributed by atoms with van der Waals surface area (Å²) in [5.74, 6) is 0.579. The first-order chi connectivity index (χ1) is 11.1. The molecule has 0 spiro atoms. The number of aromatic nitrogens is 3. The van der Waals surface area contributed by atoms with Crippen molar-refractivity contribution in [1.82, 2.24) is 19.7 Å². The van der Waals surface area contributed by atoms with E-state index in [1.54, 1.807) is 0 Å². The van der Waals surface area contributed by atoms with Crippen LogP contribution in [0.15, 0.2) is 18.3 Å². The highest BCUT2D eigenvalue weighted by Gasteiger charge is 2.34. The fourth-order valence-corrected chi connectivity index (χ4v) is 3.70. The molecule has 2 aromatic heterocycles. The SMILES string of the molecule is Cc1c[nH]c(-c2cc(C3CCN(C4COC4)C3)n(C(C)C)n2)c1. The number of nitrogens with zero attached hydrogens (tertiary/aromatic N) is 3. The Bertz CT molecular complexity index is 683. The molecule has 0 saturated carbocycles. The number of hydrogen-bond acceptors (Lipinski definition) is 3. The minimum atomic E-state index is 0.385. The molecule has 2 aromatic rings. The fourth-order valence-electron chi connectivity index (χ4n) is 3.70. The number of nitrogens with one attached hydrogen (secondary N) is 1. The lowest BCUT2D eigenvalue weighted by Gasteiger charge is -2.34. The van der Waals surface area contributed by atoms with Gasteiger partial charge in [0.05, 0.1) is 24.9 Å². The Balaban J connectivity index is 1.60. The van der Waals surface area contributed by atoms with E-state index >= 15 is 0 Å². The van der Waals surface area contributed by atoms with Crippen molar-refractivity contribution < 1.29 is 4.74 Å². The third-order valence-electron chi connectivity index (χ3n) is 5.13. The molecule has 2 aliphatic heterocycles. The largest absolute Gasteiger partial charge is 0.378 e. The van der Waals surface area contributed by atoms with Gasteiger partial charge in [0.2, 0.25) is 0 Å². The quantitative estimate of drug-likeness (QED) is 0.944. The van der Waals surface area contributed by atoms with Crippen LogP contribution in [-0.4, -0.2) is 52.0 Å². The van der Waals surface area contributed by atoms with Gasteiger partial charge in [0.1, 0.15) is 5.69 Å². The van der Waals surface area contributed by atoms with Gasteiger partial charge in [-0.25, -0.2) is 0 Å². The summed E-state index contributed by atoms with van der Waals surface area (Å²) in [7, 11) is 0. The number of aryl methyl sites for hydroxylation is 1. The predicted molar refractivity (Wildman–Crippen MR) is 90.7 cm³/mol. The number of ether oxygens (including phenoxy) is 1.